The van der Waals surface area contributed by atoms with E-state index in [1.54, 1.807) is 0 Å². The third-order valence-corrected chi connectivity index (χ3v) is 4.54. The largest absolute Gasteiger partial charge is 0.481 e. The van der Waals surface area contributed by atoms with Crippen LogP contribution >= 0.6 is 0 Å². The van der Waals surface area contributed by atoms with Gasteiger partial charge in [-0.25, -0.2) is 0 Å². The van der Waals surface area contributed by atoms with Gasteiger partial charge in [0.2, 0.25) is 5.91 Å². The van der Waals surface area contributed by atoms with Crippen LogP contribution in [0.1, 0.15) is 45.4 Å². The smallest absolute Gasteiger partial charge is 0.305 e. The summed E-state index contributed by atoms with van der Waals surface area (Å²) in [5.41, 5.74) is -0.510. The van der Waals surface area contributed by atoms with E-state index >= 15 is 0 Å². The number of hydrogen-bond donors (Lipinski definition) is 3. The Morgan fingerprint density at radius 2 is 1.95 bits per heavy atom. The van der Waals surface area contributed by atoms with Gasteiger partial charge in [0, 0.05) is 6.54 Å². The van der Waals surface area contributed by atoms with Crippen LogP contribution in [0.4, 0.5) is 0 Å². The molecule has 108 valence electrons. The number of carboxylic acids is 1. The van der Waals surface area contributed by atoms with Crippen LogP contribution in [-0.4, -0.2) is 35.6 Å². The van der Waals surface area contributed by atoms with Gasteiger partial charge in [0.15, 0.2) is 0 Å². The lowest BCUT2D eigenvalue weighted by Crippen LogP contribution is -2.53. The predicted molar refractivity (Wildman–Crippen MR) is 71.7 cm³/mol. The summed E-state index contributed by atoms with van der Waals surface area (Å²) in [6.07, 6.45) is 4.78. The molecule has 2 aliphatic rings. The minimum atomic E-state index is -0.820. The van der Waals surface area contributed by atoms with Crippen molar-refractivity contribution in [3.8, 4) is 0 Å². The predicted octanol–water partition coefficient (Wildman–Crippen LogP) is 1.14. The number of rotatable bonds is 4. The Hall–Kier alpha value is -1.10. The first-order valence-corrected chi connectivity index (χ1v) is 7.27. The molecular formula is C14H24N2O3. The highest BCUT2D eigenvalue weighted by Crippen LogP contribution is 2.32. The fraction of sp³-hybridized carbons (Fsp3) is 0.857. The van der Waals surface area contributed by atoms with E-state index in [1.807, 2.05) is 0 Å². The van der Waals surface area contributed by atoms with Gasteiger partial charge in [-0.05, 0) is 25.3 Å². The van der Waals surface area contributed by atoms with Crippen LogP contribution in [-0.2, 0) is 9.59 Å². The number of amides is 1. The highest BCUT2D eigenvalue weighted by molar-refractivity contribution is 5.81. The third kappa shape index (κ3) is 3.47. The van der Waals surface area contributed by atoms with Crippen molar-refractivity contribution in [3.05, 3.63) is 0 Å². The molecule has 1 aliphatic carbocycles. The van der Waals surface area contributed by atoms with Gasteiger partial charge in [0.1, 0.15) is 0 Å². The first kappa shape index (κ1) is 14.3. The topological polar surface area (TPSA) is 78.4 Å². The molecule has 3 N–H and O–H groups in total. The van der Waals surface area contributed by atoms with Gasteiger partial charge in [-0.3, -0.25) is 9.59 Å². The van der Waals surface area contributed by atoms with Gasteiger partial charge < -0.3 is 15.7 Å². The van der Waals surface area contributed by atoms with Gasteiger partial charge in [0.25, 0.3) is 0 Å². The fourth-order valence-corrected chi connectivity index (χ4v) is 3.38. The lowest BCUT2D eigenvalue weighted by Gasteiger charge is -2.38. The maximum absolute atomic E-state index is 12.4. The van der Waals surface area contributed by atoms with E-state index in [0.717, 1.165) is 38.6 Å². The zero-order valence-electron chi connectivity index (χ0n) is 11.6. The van der Waals surface area contributed by atoms with E-state index in [4.69, 9.17) is 5.11 Å². The number of carboxylic acid groups (broad SMARTS) is 1. The summed E-state index contributed by atoms with van der Waals surface area (Å²) in [5.74, 6) is -0.487. The van der Waals surface area contributed by atoms with Crippen LogP contribution in [0.5, 0.6) is 0 Å². The lowest BCUT2D eigenvalue weighted by atomic mass is 9.78. The Labute approximate surface area is 114 Å². The van der Waals surface area contributed by atoms with Crippen molar-refractivity contribution in [2.24, 2.45) is 11.8 Å². The van der Waals surface area contributed by atoms with Gasteiger partial charge in [-0.15, -0.1) is 0 Å². The molecule has 19 heavy (non-hydrogen) atoms. The number of carbonyl (C=O) groups excluding carboxylic acids is 1. The van der Waals surface area contributed by atoms with Gasteiger partial charge in [-0.1, -0.05) is 26.2 Å². The van der Waals surface area contributed by atoms with E-state index in [9.17, 15) is 9.59 Å². The molecule has 0 aromatic heterocycles. The Kier molecular flexibility index (Phi) is 4.45. The van der Waals surface area contributed by atoms with E-state index in [1.165, 1.54) is 0 Å². The molecule has 0 aromatic rings. The van der Waals surface area contributed by atoms with Crippen molar-refractivity contribution < 1.29 is 14.7 Å². The molecule has 1 saturated heterocycles. The van der Waals surface area contributed by atoms with Crippen molar-refractivity contribution in [2.45, 2.75) is 51.0 Å². The van der Waals surface area contributed by atoms with Gasteiger partial charge >= 0.3 is 5.97 Å². The first-order valence-electron chi connectivity index (χ1n) is 7.27. The van der Waals surface area contributed by atoms with Gasteiger partial charge in [0.05, 0.1) is 17.9 Å². The molecule has 1 amide bonds. The average Bonchev–Trinajstić information content (AvgIpc) is 2.75. The molecule has 1 heterocycles. The van der Waals surface area contributed by atoms with Crippen LogP contribution in [0.2, 0.25) is 0 Å². The first-order chi connectivity index (χ1) is 9.02. The van der Waals surface area contributed by atoms with Crippen molar-refractivity contribution in [1.82, 2.24) is 10.6 Å². The highest BCUT2D eigenvalue weighted by Gasteiger charge is 2.39. The second-order valence-corrected chi connectivity index (χ2v) is 6.14. The number of carbonyl (C=O) groups is 2. The summed E-state index contributed by atoms with van der Waals surface area (Å²) in [4.78, 5) is 23.4. The quantitative estimate of drug-likeness (QED) is 0.714. The normalized spacial score (nSPS) is 29.9. The summed E-state index contributed by atoms with van der Waals surface area (Å²) in [7, 11) is 0. The fourth-order valence-electron chi connectivity index (χ4n) is 3.38. The molecule has 0 aromatic carbocycles. The van der Waals surface area contributed by atoms with Crippen LogP contribution < -0.4 is 10.6 Å². The van der Waals surface area contributed by atoms with Crippen molar-refractivity contribution in [2.75, 3.05) is 13.1 Å². The molecule has 1 aliphatic heterocycles. The lowest BCUT2D eigenvalue weighted by molar-refractivity contribution is -0.140. The summed E-state index contributed by atoms with van der Waals surface area (Å²) in [6.45, 7) is 3.63. The Bertz CT molecular complexity index is 351. The summed E-state index contributed by atoms with van der Waals surface area (Å²) in [6, 6.07) is 0. The zero-order valence-corrected chi connectivity index (χ0v) is 11.6. The molecule has 1 saturated carbocycles. The van der Waals surface area contributed by atoms with E-state index in [-0.39, 0.29) is 18.2 Å². The van der Waals surface area contributed by atoms with Crippen molar-refractivity contribution in [3.63, 3.8) is 0 Å². The minimum Gasteiger partial charge on any atom is -0.481 e. The summed E-state index contributed by atoms with van der Waals surface area (Å²) < 4.78 is 0. The van der Waals surface area contributed by atoms with Crippen molar-refractivity contribution in [1.29, 1.82) is 0 Å². The average molecular weight is 268 g/mol. The van der Waals surface area contributed by atoms with E-state index in [0.29, 0.717) is 12.5 Å². The minimum absolute atomic E-state index is 0.0207. The molecule has 2 rings (SSSR count). The Morgan fingerprint density at radius 1 is 1.26 bits per heavy atom. The van der Waals surface area contributed by atoms with E-state index in [2.05, 4.69) is 17.6 Å². The molecular weight excluding hydrogens is 244 g/mol. The van der Waals surface area contributed by atoms with Crippen LogP contribution in [0.25, 0.3) is 0 Å². The molecule has 0 bridgehead atoms. The number of hydrogen-bond acceptors (Lipinski definition) is 3. The van der Waals surface area contributed by atoms with Crippen LogP contribution in [0, 0.1) is 11.8 Å². The molecule has 2 atom stereocenters. The van der Waals surface area contributed by atoms with Gasteiger partial charge in [-0.2, -0.15) is 0 Å². The Balaban J connectivity index is 2.02. The maximum Gasteiger partial charge on any atom is 0.305 e. The monoisotopic (exact) mass is 268 g/mol. The number of nitrogens with one attached hydrogen (secondary N) is 2. The molecule has 5 heteroatoms. The maximum atomic E-state index is 12.4. The van der Waals surface area contributed by atoms with Crippen molar-refractivity contribution >= 4 is 11.9 Å². The molecule has 2 fully saturated rings. The highest BCUT2D eigenvalue weighted by atomic mass is 16.4. The SMILES string of the molecule is C[C@@H]1CNC[C@H]1C(=O)NC1(CC(=O)O)CCCCC1. The van der Waals surface area contributed by atoms with Crippen LogP contribution in [0.15, 0.2) is 0 Å². The standard InChI is InChI=1S/C14H24N2O3/c1-10-8-15-9-11(10)13(19)16-14(7-12(17)18)5-3-2-4-6-14/h10-11,15H,2-9H2,1H3,(H,16,19)(H,17,18)/t10-,11-/m1/s1. The van der Waals surface area contributed by atoms with E-state index < -0.39 is 11.5 Å². The summed E-state index contributed by atoms with van der Waals surface area (Å²) in [5, 5.41) is 15.4. The molecule has 0 unspecified atom stereocenters. The van der Waals surface area contributed by atoms with Crippen LogP contribution in [0.3, 0.4) is 0 Å². The molecule has 5 nitrogen and oxygen atoms in total. The molecule has 0 spiro atoms. The summed E-state index contributed by atoms with van der Waals surface area (Å²) >= 11 is 0. The Morgan fingerprint density at radius 3 is 2.47 bits per heavy atom. The third-order valence-electron chi connectivity index (χ3n) is 4.54. The molecule has 0 radical (unpaired) electrons. The second kappa shape index (κ2) is 5.90. The zero-order chi connectivity index (χ0) is 13.9. The second-order valence-electron chi connectivity index (χ2n) is 6.14. The number of aliphatic carboxylic acids is 1.